The molecular weight excluding hydrogens is 516 g/mol. The van der Waals surface area contributed by atoms with Gasteiger partial charge >= 0.3 is 0 Å². The van der Waals surface area contributed by atoms with Gasteiger partial charge in [0.15, 0.2) is 0 Å². The maximum atomic E-state index is 2.48. The first-order valence-electron chi connectivity index (χ1n) is 14.4. The molecule has 5 aromatic carbocycles. The van der Waals surface area contributed by atoms with E-state index in [4.69, 9.17) is 0 Å². The van der Waals surface area contributed by atoms with Gasteiger partial charge in [-0.15, -0.1) is 0 Å². The van der Waals surface area contributed by atoms with Gasteiger partial charge in [-0.1, -0.05) is 78.5 Å². The summed E-state index contributed by atoms with van der Waals surface area (Å²) in [6.45, 7) is 0. The largest absolute Gasteiger partial charge is 0.314 e. The van der Waals surface area contributed by atoms with E-state index in [1.54, 1.807) is 0 Å². The van der Waals surface area contributed by atoms with Crippen LogP contribution in [0.15, 0.2) is 155 Å². The smallest absolute Gasteiger partial charge is 0.0497 e. The van der Waals surface area contributed by atoms with Gasteiger partial charge in [-0.2, -0.15) is 0 Å². The topological polar surface area (TPSA) is 6.48 Å². The van der Waals surface area contributed by atoms with E-state index in [1.807, 2.05) is 11.8 Å². The van der Waals surface area contributed by atoms with E-state index < -0.39 is 0 Å². The summed E-state index contributed by atoms with van der Waals surface area (Å²) in [4.78, 5) is 7.37. The minimum atomic E-state index is 0.977. The van der Waals surface area contributed by atoms with E-state index in [0.29, 0.717) is 0 Å². The summed E-state index contributed by atoms with van der Waals surface area (Å²) in [5.74, 6) is 0. The lowest BCUT2D eigenvalue weighted by atomic mass is 9.90. The standard InChI is InChI=1S/C38H30N2S/c1-5-13-35-27(9-1)25-28-10-2-6-14-36(28)39(35)31-17-21-33(22-18-31)41-34-23-19-32(20-24-34)40-37-15-7-3-11-29(37)26-30-12-4-8-16-38(30)40/h1-7,9-15,17-24H,8,16,25-26H2. The average molecular weight is 547 g/mol. The number of rotatable bonds is 4. The second-order valence-electron chi connectivity index (χ2n) is 10.9. The van der Waals surface area contributed by atoms with Crippen molar-refractivity contribution in [2.45, 2.75) is 35.5 Å². The van der Waals surface area contributed by atoms with Crippen LogP contribution in [0.25, 0.3) is 0 Å². The van der Waals surface area contributed by atoms with Gasteiger partial charge in [0.1, 0.15) is 0 Å². The Hall–Kier alpha value is -4.47. The summed E-state index contributed by atoms with van der Waals surface area (Å²) in [7, 11) is 0. The zero-order valence-electron chi connectivity index (χ0n) is 22.8. The van der Waals surface area contributed by atoms with Gasteiger partial charge in [-0.25, -0.2) is 0 Å². The summed E-state index contributed by atoms with van der Waals surface area (Å²) in [5.41, 5.74) is 13.3. The third kappa shape index (κ3) is 4.38. The van der Waals surface area contributed by atoms with Gasteiger partial charge in [0.25, 0.3) is 0 Å². The van der Waals surface area contributed by atoms with Crippen LogP contribution in [-0.4, -0.2) is 0 Å². The molecule has 8 rings (SSSR count). The Balaban J connectivity index is 1.06. The molecule has 0 fully saturated rings. The van der Waals surface area contributed by atoms with Crippen LogP contribution < -0.4 is 9.80 Å². The zero-order chi connectivity index (χ0) is 27.2. The van der Waals surface area contributed by atoms with Gasteiger partial charge in [0, 0.05) is 56.8 Å². The van der Waals surface area contributed by atoms with E-state index in [2.05, 4.69) is 143 Å². The van der Waals surface area contributed by atoms with Crippen molar-refractivity contribution in [2.75, 3.05) is 9.80 Å². The van der Waals surface area contributed by atoms with Crippen molar-refractivity contribution >= 4 is 40.2 Å². The molecule has 0 aromatic heterocycles. The van der Waals surface area contributed by atoms with E-state index in [9.17, 15) is 0 Å². The molecule has 198 valence electrons. The quantitative estimate of drug-likeness (QED) is 0.217. The van der Waals surface area contributed by atoms with Crippen LogP contribution in [0.5, 0.6) is 0 Å². The van der Waals surface area contributed by atoms with Crippen molar-refractivity contribution in [1.82, 2.24) is 0 Å². The average Bonchev–Trinajstić information content (AvgIpc) is 3.03. The molecule has 0 radical (unpaired) electrons. The summed E-state index contributed by atoms with van der Waals surface area (Å²) in [6.07, 6.45) is 8.85. The summed E-state index contributed by atoms with van der Waals surface area (Å²) in [6, 6.07) is 44.5. The molecule has 0 N–H and O–H groups in total. The molecular formula is C38H30N2S. The number of nitrogens with zero attached hydrogens (tertiary/aromatic N) is 2. The Kier molecular flexibility index (Phi) is 6.04. The van der Waals surface area contributed by atoms with Crippen LogP contribution in [0.2, 0.25) is 0 Å². The molecule has 0 atom stereocenters. The number of para-hydroxylation sites is 3. The van der Waals surface area contributed by atoms with Gasteiger partial charge < -0.3 is 9.80 Å². The summed E-state index contributed by atoms with van der Waals surface area (Å²) >= 11 is 1.82. The molecule has 0 amide bonds. The third-order valence-corrected chi connectivity index (χ3v) is 9.41. The number of allylic oxidation sites excluding steroid dienone is 4. The third-order valence-electron chi connectivity index (χ3n) is 8.39. The Labute approximate surface area is 246 Å². The lowest BCUT2D eigenvalue weighted by molar-refractivity contribution is 0.859. The molecule has 2 heterocycles. The molecule has 3 aliphatic rings. The SMILES string of the molecule is C1=CC2=C(CC1)N(c1ccc(Sc3ccc(N4c5ccccc5Cc5ccccc54)cc3)cc1)c1ccccc1C2. The molecule has 0 spiro atoms. The summed E-state index contributed by atoms with van der Waals surface area (Å²) in [5, 5.41) is 0. The lowest BCUT2D eigenvalue weighted by Gasteiger charge is -2.36. The molecule has 2 nitrogen and oxygen atoms in total. The van der Waals surface area contributed by atoms with E-state index >= 15 is 0 Å². The Morgan fingerprint density at radius 3 is 1.56 bits per heavy atom. The molecule has 41 heavy (non-hydrogen) atoms. The van der Waals surface area contributed by atoms with Gasteiger partial charge in [0.05, 0.1) is 0 Å². The lowest BCUT2D eigenvalue weighted by Crippen LogP contribution is -2.24. The Bertz CT molecular complexity index is 1770. The highest BCUT2D eigenvalue weighted by atomic mass is 32.2. The molecule has 0 unspecified atom stereocenters. The normalized spacial score (nSPS) is 15.2. The number of anilines is 5. The van der Waals surface area contributed by atoms with Crippen molar-refractivity contribution in [3.05, 3.63) is 161 Å². The summed E-state index contributed by atoms with van der Waals surface area (Å²) < 4.78 is 0. The first kappa shape index (κ1) is 24.3. The number of fused-ring (bicyclic) bond motifs is 3. The van der Waals surface area contributed by atoms with Crippen molar-refractivity contribution < 1.29 is 0 Å². The predicted octanol–water partition coefficient (Wildman–Crippen LogP) is 10.5. The van der Waals surface area contributed by atoms with E-state index in [0.717, 1.165) is 25.7 Å². The van der Waals surface area contributed by atoms with E-state index in [-0.39, 0.29) is 0 Å². The van der Waals surface area contributed by atoms with Gasteiger partial charge in [-0.05, 0) is 102 Å². The van der Waals surface area contributed by atoms with Crippen LogP contribution in [0.3, 0.4) is 0 Å². The first-order chi connectivity index (χ1) is 20.3. The zero-order valence-corrected chi connectivity index (χ0v) is 23.6. The number of hydrogen-bond acceptors (Lipinski definition) is 3. The van der Waals surface area contributed by atoms with Crippen LogP contribution in [0.1, 0.15) is 29.5 Å². The van der Waals surface area contributed by atoms with Crippen molar-refractivity contribution in [3.8, 4) is 0 Å². The number of hydrogen-bond donors (Lipinski definition) is 0. The molecule has 0 bridgehead atoms. The van der Waals surface area contributed by atoms with Crippen LogP contribution in [-0.2, 0) is 12.8 Å². The maximum Gasteiger partial charge on any atom is 0.0497 e. The van der Waals surface area contributed by atoms with Crippen LogP contribution in [0, 0.1) is 0 Å². The minimum Gasteiger partial charge on any atom is -0.314 e. The highest BCUT2D eigenvalue weighted by molar-refractivity contribution is 7.99. The molecule has 2 aliphatic heterocycles. The first-order valence-corrected chi connectivity index (χ1v) is 15.2. The van der Waals surface area contributed by atoms with Crippen molar-refractivity contribution in [2.24, 2.45) is 0 Å². The van der Waals surface area contributed by atoms with Crippen molar-refractivity contribution in [1.29, 1.82) is 0 Å². The van der Waals surface area contributed by atoms with Gasteiger partial charge in [-0.3, -0.25) is 0 Å². The Morgan fingerprint density at radius 1 is 0.488 bits per heavy atom. The molecule has 0 saturated carbocycles. The monoisotopic (exact) mass is 546 g/mol. The fraction of sp³-hybridized carbons (Fsp3) is 0.105. The minimum absolute atomic E-state index is 0.977. The van der Waals surface area contributed by atoms with Crippen LogP contribution in [0.4, 0.5) is 28.4 Å². The van der Waals surface area contributed by atoms with Crippen molar-refractivity contribution in [3.63, 3.8) is 0 Å². The molecule has 5 aromatic rings. The second kappa shape index (κ2) is 10.2. The maximum absolute atomic E-state index is 2.48. The molecule has 1 aliphatic carbocycles. The fourth-order valence-electron chi connectivity index (χ4n) is 6.48. The number of benzene rings is 5. The predicted molar refractivity (Wildman–Crippen MR) is 172 cm³/mol. The highest BCUT2D eigenvalue weighted by Crippen LogP contribution is 2.45. The van der Waals surface area contributed by atoms with E-state index in [1.165, 1.54) is 66.2 Å². The highest BCUT2D eigenvalue weighted by Gasteiger charge is 2.26. The van der Waals surface area contributed by atoms with Gasteiger partial charge in [0.2, 0.25) is 0 Å². The van der Waals surface area contributed by atoms with Crippen LogP contribution >= 0.6 is 11.8 Å². The Morgan fingerprint density at radius 2 is 0.976 bits per heavy atom. The molecule has 3 heteroatoms. The molecule has 0 saturated heterocycles. The fourth-order valence-corrected chi connectivity index (χ4v) is 7.29. The second-order valence-corrected chi connectivity index (χ2v) is 12.1.